The number of hydrogen-bond acceptors (Lipinski definition) is 6. The van der Waals surface area contributed by atoms with Crippen LogP contribution < -0.4 is 10.6 Å². The first-order chi connectivity index (χ1) is 15.2. The fourth-order valence-electron chi connectivity index (χ4n) is 3.60. The van der Waals surface area contributed by atoms with E-state index < -0.39 is 0 Å². The maximum absolute atomic E-state index is 12.7. The quantitative estimate of drug-likeness (QED) is 0.464. The molecule has 1 aliphatic rings. The molecule has 1 aliphatic heterocycles. The van der Waals surface area contributed by atoms with Crippen LogP contribution >= 0.6 is 22.7 Å². The van der Waals surface area contributed by atoms with Gasteiger partial charge in [-0.1, -0.05) is 18.2 Å². The van der Waals surface area contributed by atoms with Crippen LogP contribution in [0.2, 0.25) is 0 Å². The lowest BCUT2D eigenvalue weighted by molar-refractivity contribution is -0.118. The first kappa shape index (κ1) is 20.1. The van der Waals surface area contributed by atoms with Gasteiger partial charge in [0.25, 0.3) is 5.91 Å². The molecule has 2 aromatic heterocycles. The molecule has 5 rings (SSSR count). The first-order valence-corrected chi connectivity index (χ1v) is 11.7. The molecule has 4 aromatic rings. The Bertz CT molecular complexity index is 1240. The van der Waals surface area contributed by atoms with Crippen molar-refractivity contribution in [2.45, 2.75) is 0 Å². The second kappa shape index (κ2) is 8.76. The first-order valence-electron chi connectivity index (χ1n) is 10.1. The molecule has 1 fully saturated rings. The van der Waals surface area contributed by atoms with E-state index in [1.807, 2.05) is 18.2 Å². The van der Waals surface area contributed by atoms with Gasteiger partial charge in [-0.15, -0.1) is 22.7 Å². The molecule has 0 spiro atoms. The second-order valence-electron chi connectivity index (χ2n) is 7.37. The SMILES string of the molecule is O=C(CN1CCOCC1)Nc1ccc(NC(=O)c2cc3sc4ccccc4c3s2)cc1. The molecule has 2 amide bonds. The van der Waals surface area contributed by atoms with Crippen LogP contribution in [0.25, 0.3) is 19.5 Å². The van der Waals surface area contributed by atoms with E-state index in [9.17, 15) is 9.59 Å². The van der Waals surface area contributed by atoms with E-state index in [0.29, 0.717) is 36.0 Å². The maximum atomic E-state index is 12.7. The number of thiophene rings is 2. The number of anilines is 2. The van der Waals surface area contributed by atoms with Crippen LogP contribution in [-0.4, -0.2) is 49.6 Å². The van der Waals surface area contributed by atoms with E-state index >= 15 is 0 Å². The van der Waals surface area contributed by atoms with Crippen LogP contribution in [0.3, 0.4) is 0 Å². The summed E-state index contributed by atoms with van der Waals surface area (Å²) in [5, 5.41) is 7.04. The Morgan fingerprint density at radius 3 is 2.39 bits per heavy atom. The molecule has 6 nitrogen and oxygen atoms in total. The molecule has 0 atom stereocenters. The minimum Gasteiger partial charge on any atom is -0.379 e. The Kier molecular flexibility index (Phi) is 5.69. The number of benzene rings is 2. The molecule has 3 heterocycles. The van der Waals surface area contributed by atoms with E-state index in [4.69, 9.17) is 4.74 Å². The Hall–Kier alpha value is -2.78. The van der Waals surface area contributed by atoms with Crippen molar-refractivity contribution in [3.05, 3.63) is 59.5 Å². The smallest absolute Gasteiger partial charge is 0.265 e. The average Bonchev–Trinajstić information content (AvgIpc) is 3.34. The molecular weight excluding hydrogens is 430 g/mol. The van der Waals surface area contributed by atoms with Crippen molar-refractivity contribution in [3.63, 3.8) is 0 Å². The highest BCUT2D eigenvalue weighted by molar-refractivity contribution is 7.33. The van der Waals surface area contributed by atoms with Gasteiger partial charge in [0.2, 0.25) is 5.91 Å². The number of amides is 2. The number of rotatable bonds is 5. The van der Waals surface area contributed by atoms with Crippen LogP contribution in [-0.2, 0) is 9.53 Å². The number of hydrogen-bond donors (Lipinski definition) is 2. The molecule has 0 saturated carbocycles. The summed E-state index contributed by atoms with van der Waals surface area (Å²) in [6.07, 6.45) is 0. The predicted octanol–water partition coefficient (Wildman–Crippen LogP) is 4.64. The standard InChI is InChI=1S/C23H21N3O3S2/c27-21(14-26-9-11-29-12-10-26)24-15-5-7-16(8-6-15)25-23(28)20-13-19-22(31-20)17-3-1-2-4-18(17)30-19/h1-8,13H,9-12,14H2,(H,24,27)(H,25,28). The van der Waals surface area contributed by atoms with Crippen molar-refractivity contribution in [2.75, 3.05) is 43.5 Å². The molecule has 0 bridgehead atoms. The van der Waals surface area contributed by atoms with Crippen molar-refractivity contribution in [2.24, 2.45) is 0 Å². The highest BCUT2D eigenvalue weighted by Crippen LogP contribution is 2.39. The molecule has 31 heavy (non-hydrogen) atoms. The third kappa shape index (κ3) is 4.47. The van der Waals surface area contributed by atoms with E-state index in [1.54, 1.807) is 35.6 Å². The van der Waals surface area contributed by atoms with Gasteiger partial charge in [-0.25, -0.2) is 0 Å². The van der Waals surface area contributed by atoms with Gasteiger partial charge < -0.3 is 15.4 Å². The van der Waals surface area contributed by atoms with Gasteiger partial charge in [0.05, 0.1) is 29.3 Å². The largest absolute Gasteiger partial charge is 0.379 e. The lowest BCUT2D eigenvalue weighted by Crippen LogP contribution is -2.41. The van der Waals surface area contributed by atoms with Gasteiger partial charge in [0.1, 0.15) is 0 Å². The number of nitrogens with one attached hydrogen (secondary N) is 2. The molecule has 0 radical (unpaired) electrons. The Morgan fingerprint density at radius 2 is 1.61 bits per heavy atom. The highest BCUT2D eigenvalue weighted by Gasteiger charge is 2.16. The number of fused-ring (bicyclic) bond motifs is 3. The zero-order chi connectivity index (χ0) is 21.2. The Balaban J connectivity index is 1.21. The zero-order valence-corrected chi connectivity index (χ0v) is 18.4. The molecule has 8 heteroatoms. The van der Waals surface area contributed by atoms with E-state index in [1.165, 1.54) is 21.4 Å². The van der Waals surface area contributed by atoms with Crippen molar-refractivity contribution >= 4 is 65.3 Å². The highest BCUT2D eigenvalue weighted by atomic mass is 32.1. The Labute approximate surface area is 187 Å². The number of nitrogens with zero attached hydrogens (tertiary/aromatic N) is 1. The van der Waals surface area contributed by atoms with E-state index in [0.717, 1.165) is 22.5 Å². The summed E-state index contributed by atoms with van der Waals surface area (Å²) in [6.45, 7) is 3.23. The molecule has 2 N–H and O–H groups in total. The summed E-state index contributed by atoms with van der Waals surface area (Å²) in [6, 6.07) is 17.4. The van der Waals surface area contributed by atoms with Gasteiger partial charge in [-0.2, -0.15) is 0 Å². The van der Waals surface area contributed by atoms with Crippen LogP contribution in [0.15, 0.2) is 54.6 Å². The molecule has 2 aromatic carbocycles. The fourth-order valence-corrected chi connectivity index (χ4v) is 6.02. The van der Waals surface area contributed by atoms with Crippen molar-refractivity contribution in [1.29, 1.82) is 0 Å². The predicted molar refractivity (Wildman–Crippen MR) is 127 cm³/mol. The minimum atomic E-state index is -0.124. The van der Waals surface area contributed by atoms with Crippen LogP contribution in [0.4, 0.5) is 11.4 Å². The van der Waals surface area contributed by atoms with Crippen LogP contribution in [0.5, 0.6) is 0 Å². The van der Waals surface area contributed by atoms with Crippen molar-refractivity contribution in [3.8, 4) is 0 Å². The summed E-state index contributed by atoms with van der Waals surface area (Å²) in [4.78, 5) is 27.7. The van der Waals surface area contributed by atoms with Crippen LogP contribution in [0.1, 0.15) is 9.67 Å². The summed E-state index contributed by atoms with van der Waals surface area (Å²) < 4.78 is 8.83. The summed E-state index contributed by atoms with van der Waals surface area (Å²) in [7, 11) is 0. The minimum absolute atomic E-state index is 0.0513. The fraction of sp³-hybridized carbons (Fsp3) is 0.217. The molecule has 1 saturated heterocycles. The van der Waals surface area contributed by atoms with Gasteiger partial charge in [0, 0.05) is 39.3 Å². The molecule has 158 valence electrons. The maximum Gasteiger partial charge on any atom is 0.265 e. The van der Waals surface area contributed by atoms with Crippen LogP contribution in [0, 0.1) is 0 Å². The average molecular weight is 452 g/mol. The number of carbonyl (C=O) groups is 2. The number of morpholine rings is 1. The van der Waals surface area contributed by atoms with Gasteiger partial charge in [-0.05, 0) is 36.4 Å². The molecule has 0 unspecified atom stereocenters. The van der Waals surface area contributed by atoms with E-state index in [-0.39, 0.29) is 11.8 Å². The third-order valence-corrected chi connectivity index (χ3v) is 7.58. The molecule has 0 aliphatic carbocycles. The number of carbonyl (C=O) groups excluding carboxylic acids is 2. The lowest BCUT2D eigenvalue weighted by Gasteiger charge is -2.25. The monoisotopic (exact) mass is 451 g/mol. The summed E-state index contributed by atoms with van der Waals surface area (Å²) in [5.74, 6) is -0.175. The van der Waals surface area contributed by atoms with Gasteiger partial charge in [0.15, 0.2) is 0 Å². The summed E-state index contributed by atoms with van der Waals surface area (Å²) >= 11 is 3.22. The summed E-state index contributed by atoms with van der Waals surface area (Å²) in [5.41, 5.74) is 1.40. The Morgan fingerprint density at radius 1 is 0.903 bits per heavy atom. The lowest BCUT2D eigenvalue weighted by atomic mass is 10.2. The molecular formula is C23H21N3O3S2. The third-order valence-electron chi connectivity index (χ3n) is 5.17. The zero-order valence-electron chi connectivity index (χ0n) is 16.7. The second-order valence-corrected chi connectivity index (χ2v) is 9.51. The number of ether oxygens (including phenoxy) is 1. The topological polar surface area (TPSA) is 70.7 Å². The van der Waals surface area contributed by atoms with E-state index in [2.05, 4.69) is 27.7 Å². The normalized spacial score (nSPS) is 14.7. The van der Waals surface area contributed by atoms with Crippen molar-refractivity contribution in [1.82, 2.24) is 4.90 Å². The van der Waals surface area contributed by atoms with Gasteiger partial charge in [-0.3, -0.25) is 14.5 Å². The van der Waals surface area contributed by atoms with Gasteiger partial charge >= 0.3 is 0 Å². The van der Waals surface area contributed by atoms with Crippen molar-refractivity contribution < 1.29 is 14.3 Å².